The molecule has 0 saturated heterocycles. The second kappa shape index (κ2) is 5.41. The predicted octanol–water partition coefficient (Wildman–Crippen LogP) is 0.862. The van der Waals surface area contributed by atoms with Crippen LogP contribution in [0, 0.1) is 0 Å². The van der Waals surface area contributed by atoms with Gasteiger partial charge in [0.15, 0.2) is 0 Å². The van der Waals surface area contributed by atoms with Gasteiger partial charge in [-0.05, 0) is 12.0 Å². The molecule has 1 aromatic rings. The van der Waals surface area contributed by atoms with Crippen LogP contribution in [0.3, 0.4) is 0 Å². The third-order valence-electron chi connectivity index (χ3n) is 2.74. The molecule has 0 saturated carbocycles. The summed E-state index contributed by atoms with van der Waals surface area (Å²) in [5.74, 6) is -1.78. The lowest BCUT2D eigenvalue weighted by molar-refractivity contribution is -0.150. The largest absolute Gasteiger partial charge is 0.462 e. The van der Waals surface area contributed by atoms with E-state index in [9.17, 15) is 9.59 Å². The Labute approximate surface area is 114 Å². The Bertz CT molecular complexity index is 550. The molecule has 0 aliphatic carbocycles. The molecule has 2 rings (SSSR count). The van der Waals surface area contributed by atoms with E-state index in [-0.39, 0.29) is 0 Å². The van der Waals surface area contributed by atoms with Gasteiger partial charge in [-0.2, -0.15) is 0 Å². The highest BCUT2D eigenvalue weighted by atomic mass is 32.1. The fourth-order valence-electron chi connectivity index (χ4n) is 1.91. The number of thiophene rings is 1. The summed E-state index contributed by atoms with van der Waals surface area (Å²) in [4.78, 5) is 23.7. The fraction of sp³-hybridized carbons (Fsp3) is 0.333. The molecule has 1 aliphatic heterocycles. The minimum absolute atomic E-state index is 0.361. The molecular weight excluding hydrogens is 268 g/mol. The second-order valence-electron chi connectivity index (χ2n) is 3.98. The van der Waals surface area contributed by atoms with Gasteiger partial charge in [0.1, 0.15) is 5.00 Å². The summed E-state index contributed by atoms with van der Waals surface area (Å²) in [6, 6.07) is 0. The lowest BCUT2D eigenvalue weighted by atomic mass is 10.0. The number of hydrogen-bond donors (Lipinski definition) is 2. The summed E-state index contributed by atoms with van der Waals surface area (Å²) >= 11 is 1.34. The van der Waals surface area contributed by atoms with Gasteiger partial charge in [-0.3, -0.25) is 4.79 Å². The highest BCUT2D eigenvalue weighted by Gasteiger charge is 2.24. The van der Waals surface area contributed by atoms with E-state index >= 15 is 0 Å². The molecule has 0 unspecified atom stereocenters. The third kappa shape index (κ3) is 2.61. The molecule has 1 aliphatic rings. The van der Waals surface area contributed by atoms with E-state index in [1.165, 1.54) is 11.3 Å². The van der Waals surface area contributed by atoms with Gasteiger partial charge < -0.3 is 20.5 Å². The van der Waals surface area contributed by atoms with Crippen LogP contribution in [0.2, 0.25) is 0 Å². The quantitative estimate of drug-likeness (QED) is 0.620. The molecule has 1 aromatic heterocycles. The lowest BCUT2D eigenvalue weighted by Gasteiger charge is -2.13. The number of nitrogens with two attached hydrogens (primary N) is 1. The first-order chi connectivity index (χ1) is 9.04. The zero-order valence-corrected chi connectivity index (χ0v) is 11.3. The number of nitrogens with one attached hydrogen (secondary N) is 1. The van der Waals surface area contributed by atoms with Crippen LogP contribution < -0.4 is 11.1 Å². The molecule has 0 fully saturated rings. The summed E-state index contributed by atoms with van der Waals surface area (Å²) in [6.07, 6.45) is 0.714. The van der Waals surface area contributed by atoms with E-state index in [1.807, 2.05) is 0 Å². The van der Waals surface area contributed by atoms with Gasteiger partial charge in [0, 0.05) is 16.1 Å². The van der Waals surface area contributed by atoms with Crippen LogP contribution in [0.4, 0.5) is 5.00 Å². The maximum Gasteiger partial charge on any atom is 0.396 e. The van der Waals surface area contributed by atoms with Crippen LogP contribution in [-0.2, 0) is 32.1 Å². The maximum absolute atomic E-state index is 11.6. The molecule has 0 atom stereocenters. The fourth-order valence-corrected chi connectivity index (χ4v) is 3.12. The smallest absolute Gasteiger partial charge is 0.396 e. The Kier molecular flexibility index (Phi) is 3.87. The van der Waals surface area contributed by atoms with E-state index < -0.39 is 11.9 Å². The van der Waals surface area contributed by atoms with Gasteiger partial charge >= 0.3 is 11.9 Å². The summed E-state index contributed by atoms with van der Waals surface area (Å²) in [5, 5.41) is 3.02. The number of fused-ring (bicyclic) bond motifs is 1. The van der Waals surface area contributed by atoms with Crippen LogP contribution in [-0.4, -0.2) is 25.6 Å². The molecule has 102 valence electrons. The van der Waals surface area contributed by atoms with Gasteiger partial charge in [0.2, 0.25) is 0 Å². The average molecular weight is 282 g/mol. The van der Waals surface area contributed by atoms with Crippen molar-refractivity contribution in [3.8, 4) is 0 Å². The molecule has 7 heteroatoms. The minimum Gasteiger partial charge on any atom is -0.462 e. The Morgan fingerprint density at radius 2 is 2.26 bits per heavy atom. The molecule has 0 radical (unpaired) electrons. The number of ether oxygens (including phenoxy) is 2. The molecule has 0 aromatic carbocycles. The zero-order chi connectivity index (χ0) is 14.0. The lowest BCUT2D eigenvalue weighted by Crippen LogP contribution is -2.24. The van der Waals surface area contributed by atoms with Crippen LogP contribution in [0.1, 0.15) is 16.0 Å². The maximum atomic E-state index is 11.6. The number of amides is 1. The normalized spacial score (nSPS) is 13.5. The monoisotopic (exact) mass is 282 g/mol. The molecule has 0 bridgehead atoms. The van der Waals surface area contributed by atoms with E-state index in [2.05, 4.69) is 16.6 Å². The first-order valence-corrected chi connectivity index (χ1v) is 6.42. The van der Waals surface area contributed by atoms with Crippen LogP contribution in [0.5, 0.6) is 0 Å². The number of carbonyl (C=O) groups is 2. The number of carbonyl (C=O) groups excluding carboxylic acids is 2. The van der Waals surface area contributed by atoms with Crippen LogP contribution in [0.15, 0.2) is 6.58 Å². The van der Waals surface area contributed by atoms with E-state index in [1.54, 1.807) is 0 Å². The Morgan fingerprint density at radius 3 is 2.89 bits per heavy atom. The van der Waals surface area contributed by atoms with Gasteiger partial charge in [-0.25, -0.2) is 4.79 Å². The van der Waals surface area contributed by atoms with Gasteiger partial charge in [0.25, 0.3) is 0 Å². The molecule has 6 nitrogen and oxygen atoms in total. The van der Waals surface area contributed by atoms with Gasteiger partial charge in [0.05, 0.1) is 20.3 Å². The zero-order valence-electron chi connectivity index (χ0n) is 10.4. The molecule has 1 amide bonds. The molecular formula is C12H14N2O4S. The van der Waals surface area contributed by atoms with Crippen molar-refractivity contribution in [3.05, 3.63) is 22.6 Å². The topological polar surface area (TPSA) is 90.7 Å². The summed E-state index contributed by atoms with van der Waals surface area (Å²) in [7, 11) is 1.15. The number of anilines is 1. The molecule has 3 N–H and O–H groups in total. The van der Waals surface area contributed by atoms with Crippen molar-refractivity contribution in [2.45, 2.75) is 13.0 Å². The van der Waals surface area contributed by atoms with Crippen molar-refractivity contribution < 1.29 is 19.1 Å². The van der Waals surface area contributed by atoms with Gasteiger partial charge in [-0.15, -0.1) is 11.3 Å². The Balaban J connectivity index is 2.35. The van der Waals surface area contributed by atoms with Crippen molar-refractivity contribution >= 4 is 33.9 Å². The van der Waals surface area contributed by atoms with E-state index in [0.717, 1.165) is 17.6 Å². The van der Waals surface area contributed by atoms with Crippen molar-refractivity contribution in [1.29, 1.82) is 0 Å². The van der Waals surface area contributed by atoms with Crippen molar-refractivity contribution in [2.75, 3.05) is 19.0 Å². The number of methoxy groups -OCH3 is 1. The van der Waals surface area contributed by atoms with Gasteiger partial charge in [-0.1, -0.05) is 6.58 Å². The standard InChI is InChI=1S/C12H14N2O4S/c1-6(13)9-7-3-4-18-5-8(7)19-11(9)14-10(15)12(16)17-2/h1,3-5,13H2,2H3,(H,14,15). The van der Waals surface area contributed by atoms with E-state index in [4.69, 9.17) is 10.5 Å². The highest BCUT2D eigenvalue weighted by molar-refractivity contribution is 7.16. The van der Waals surface area contributed by atoms with Crippen molar-refractivity contribution in [3.63, 3.8) is 0 Å². The van der Waals surface area contributed by atoms with Crippen LogP contribution in [0.25, 0.3) is 5.70 Å². The highest BCUT2D eigenvalue weighted by Crippen LogP contribution is 2.38. The first kappa shape index (κ1) is 13.6. The minimum atomic E-state index is -0.948. The number of rotatable bonds is 2. The molecule has 2 heterocycles. The van der Waals surface area contributed by atoms with Crippen LogP contribution >= 0.6 is 11.3 Å². The van der Waals surface area contributed by atoms with E-state index in [0.29, 0.717) is 35.9 Å². The van der Waals surface area contributed by atoms with Crippen molar-refractivity contribution in [1.82, 2.24) is 0 Å². The van der Waals surface area contributed by atoms with Crippen molar-refractivity contribution in [2.24, 2.45) is 5.73 Å². The summed E-state index contributed by atoms with van der Waals surface area (Å²) in [6.45, 7) is 4.80. The summed E-state index contributed by atoms with van der Waals surface area (Å²) < 4.78 is 9.72. The Morgan fingerprint density at radius 1 is 1.53 bits per heavy atom. The predicted molar refractivity (Wildman–Crippen MR) is 71.5 cm³/mol. The third-order valence-corrected chi connectivity index (χ3v) is 3.86. The molecule has 0 spiro atoms. The Hall–Kier alpha value is -1.86. The second-order valence-corrected chi connectivity index (χ2v) is 5.09. The molecule has 19 heavy (non-hydrogen) atoms. The average Bonchev–Trinajstić information content (AvgIpc) is 2.75. The SMILES string of the molecule is C=C(N)c1c(NC(=O)C(=O)OC)sc2c1CCOC2. The first-order valence-electron chi connectivity index (χ1n) is 5.61. The number of hydrogen-bond acceptors (Lipinski definition) is 6. The summed E-state index contributed by atoms with van der Waals surface area (Å²) in [5.41, 5.74) is 7.86. The number of esters is 1.